The van der Waals surface area contributed by atoms with E-state index in [1.807, 2.05) is 23.1 Å². The first-order valence-electron chi connectivity index (χ1n) is 6.20. The van der Waals surface area contributed by atoms with Crippen LogP contribution in [0, 0.1) is 5.82 Å². The highest BCUT2D eigenvalue weighted by atomic mass is 19.1. The molecule has 0 spiro atoms. The van der Waals surface area contributed by atoms with Crippen molar-refractivity contribution >= 4 is 0 Å². The third-order valence-corrected chi connectivity index (χ3v) is 2.83. The van der Waals surface area contributed by atoms with Gasteiger partial charge >= 0.3 is 0 Å². The fourth-order valence-corrected chi connectivity index (χ4v) is 1.90. The molecule has 0 saturated carbocycles. The summed E-state index contributed by atoms with van der Waals surface area (Å²) in [6.45, 7) is 1.10. The summed E-state index contributed by atoms with van der Waals surface area (Å²) in [5.41, 5.74) is 1.86. The lowest BCUT2D eigenvalue weighted by Gasteiger charge is -2.20. The summed E-state index contributed by atoms with van der Waals surface area (Å²) in [4.78, 5) is 6.19. The molecule has 0 amide bonds. The molecule has 2 nitrogen and oxygen atoms in total. The van der Waals surface area contributed by atoms with Gasteiger partial charge in [-0.15, -0.1) is 0 Å². The normalized spacial score (nSPS) is 10.9. The molecule has 0 unspecified atom stereocenters. The highest BCUT2D eigenvalue weighted by molar-refractivity contribution is 5.16. The summed E-state index contributed by atoms with van der Waals surface area (Å²) in [5, 5.41) is 0. The molecule has 0 bridgehead atoms. The Bertz CT molecular complexity index is 485. The highest BCUT2D eigenvalue weighted by Gasteiger charge is 2.07. The van der Waals surface area contributed by atoms with E-state index >= 15 is 0 Å². The van der Waals surface area contributed by atoms with Gasteiger partial charge in [0.2, 0.25) is 0 Å². The van der Waals surface area contributed by atoms with E-state index in [4.69, 9.17) is 0 Å². The molecule has 2 rings (SSSR count). The zero-order valence-corrected chi connectivity index (χ0v) is 10.6. The number of alkyl halides is 1. The summed E-state index contributed by atoms with van der Waals surface area (Å²) in [5.74, 6) is -0.259. The minimum atomic E-state index is -0.409. The summed E-state index contributed by atoms with van der Waals surface area (Å²) < 4.78 is 25.4. The Morgan fingerprint density at radius 3 is 2.42 bits per heavy atom. The van der Waals surface area contributed by atoms with Crippen molar-refractivity contribution in [1.82, 2.24) is 9.88 Å². The first-order valence-corrected chi connectivity index (χ1v) is 6.20. The van der Waals surface area contributed by atoms with Gasteiger partial charge < -0.3 is 0 Å². The molecular formula is C15H16F2N2. The van der Waals surface area contributed by atoms with Crippen molar-refractivity contribution in [1.29, 1.82) is 0 Å². The first-order chi connectivity index (χ1) is 9.28. The average Bonchev–Trinajstić information content (AvgIpc) is 2.43. The van der Waals surface area contributed by atoms with Gasteiger partial charge in [0.25, 0.3) is 0 Å². The standard InChI is InChI=1S/C15H16F2N2/c16-8-10-19(12-15-3-1-2-9-18-15)11-13-4-6-14(17)7-5-13/h1-7,9H,8,10-12H2. The molecule has 0 aliphatic heterocycles. The van der Waals surface area contributed by atoms with E-state index in [9.17, 15) is 8.78 Å². The van der Waals surface area contributed by atoms with Crippen LogP contribution in [0.3, 0.4) is 0 Å². The van der Waals surface area contributed by atoms with Crippen LogP contribution in [0.25, 0.3) is 0 Å². The number of aromatic nitrogens is 1. The molecule has 1 aromatic carbocycles. The second-order valence-corrected chi connectivity index (χ2v) is 4.35. The summed E-state index contributed by atoms with van der Waals surface area (Å²) in [6.07, 6.45) is 1.72. The Kier molecular flexibility index (Phi) is 4.98. The van der Waals surface area contributed by atoms with Gasteiger partial charge in [0.1, 0.15) is 12.5 Å². The number of nitrogens with zero attached hydrogens (tertiary/aromatic N) is 2. The summed E-state index contributed by atoms with van der Waals surface area (Å²) >= 11 is 0. The lowest BCUT2D eigenvalue weighted by molar-refractivity contribution is 0.230. The van der Waals surface area contributed by atoms with E-state index in [-0.39, 0.29) is 5.82 Å². The first kappa shape index (κ1) is 13.6. The topological polar surface area (TPSA) is 16.1 Å². The van der Waals surface area contributed by atoms with Crippen molar-refractivity contribution < 1.29 is 8.78 Å². The van der Waals surface area contributed by atoms with Crippen molar-refractivity contribution in [3.63, 3.8) is 0 Å². The maximum atomic E-state index is 12.8. The second-order valence-electron chi connectivity index (χ2n) is 4.35. The molecule has 0 N–H and O–H groups in total. The molecule has 100 valence electrons. The SMILES string of the molecule is FCCN(Cc1ccc(F)cc1)Cc1ccccn1. The Morgan fingerprint density at radius 2 is 1.79 bits per heavy atom. The van der Waals surface area contributed by atoms with Crippen molar-refractivity contribution in [2.75, 3.05) is 13.2 Å². The molecule has 1 heterocycles. The monoisotopic (exact) mass is 262 g/mol. The molecule has 0 aliphatic rings. The van der Waals surface area contributed by atoms with Gasteiger partial charge in [-0.1, -0.05) is 18.2 Å². The number of rotatable bonds is 6. The van der Waals surface area contributed by atoms with Crippen molar-refractivity contribution in [3.8, 4) is 0 Å². The molecule has 0 saturated heterocycles. The van der Waals surface area contributed by atoms with E-state index in [0.717, 1.165) is 11.3 Å². The van der Waals surface area contributed by atoms with Crippen LogP contribution in [0.2, 0.25) is 0 Å². The van der Waals surface area contributed by atoms with Crippen molar-refractivity contribution in [3.05, 3.63) is 65.7 Å². The van der Waals surface area contributed by atoms with Crippen LogP contribution in [0.15, 0.2) is 48.7 Å². The minimum Gasteiger partial charge on any atom is -0.291 e. The lowest BCUT2D eigenvalue weighted by atomic mass is 10.2. The maximum Gasteiger partial charge on any atom is 0.123 e. The van der Waals surface area contributed by atoms with Crippen LogP contribution in [-0.4, -0.2) is 23.1 Å². The van der Waals surface area contributed by atoms with Crippen molar-refractivity contribution in [2.24, 2.45) is 0 Å². The molecule has 4 heteroatoms. The van der Waals surface area contributed by atoms with Crippen LogP contribution >= 0.6 is 0 Å². The van der Waals surface area contributed by atoms with Gasteiger partial charge in [-0.3, -0.25) is 9.88 Å². The van der Waals surface area contributed by atoms with Gasteiger partial charge in [-0.05, 0) is 29.8 Å². The molecular weight excluding hydrogens is 246 g/mol. The van der Waals surface area contributed by atoms with Gasteiger partial charge in [0.05, 0.1) is 5.69 Å². The molecule has 0 fully saturated rings. The molecule has 1 aromatic heterocycles. The fraction of sp³-hybridized carbons (Fsp3) is 0.267. The predicted octanol–water partition coefficient (Wildman–Crippen LogP) is 3.19. The number of benzene rings is 1. The highest BCUT2D eigenvalue weighted by Crippen LogP contribution is 2.09. The number of hydrogen-bond acceptors (Lipinski definition) is 2. The van der Waals surface area contributed by atoms with Crippen LogP contribution in [0.4, 0.5) is 8.78 Å². The molecule has 2 aromatic rings. The summed E-state index contributed by atoms with van der Waals surface area (Å²) in [7, 11) is 0. The number of hydrogen-bond donors (Lipinski definition) is 0. The minimum absolute atomic E-state index is 0.259. The molecule has 0 aliphatic carbocycles. The molecule has 0 atom stereocenters. The quantitative estimate of drug-likeness (QED) is 0.794. The van der Waals surface area contributed by atoms with E-state index in [1.165, 1.54) is 12.1 Å². The Morgan fingerprint density at radius 1 is 1.00 bits per heavy atom. The molecule has 19 heavy (non-hydrogen) atoms. The lowest BCUT2D eigenvalue weighted by Crippen LogP contribution is -2.25. The largest absolute Gasteiger partial charge is 0.291 e. The fourth-order valence-electron chi connectivity index (χ4n) is 1.90. The Balaban J connectivity index is 2.01. The third-order valence-electron chi connectivity index (χ3n) is 2.83. The smallest absolute Gasteiger partial charge is 0.123 e. The van der Waals surface area contributed by atoms with E-state index < -0.39 is 6.67 Å². The maximum absolute atomic E-state index is 12.8. The van der Waals surface area contributed by atoms with E-state index in [2.05, 4.69) is 4.98 Å². The van der Waals surface area contributed by atoms with Crippen LogP contribution in [0.1, 0.15) is 11.3 Å². The average molecular weight is 262 g/mol. The summed E-state index contributed by atoms with van der Waals surface area (Å²) in [6, 6.07) is 12.0. The van der Waals surface area contributed by atoms with Gasteiger partial charge in [0, 0.05) is 25.8 Å². The number of halogens is 2. The van der Waals surface area contributed by atoms with Crippen LogP contribution < -0.4 is 0 Å². The second kappa shape index (κ2) is 6.95. The van der Waals surface area contributed by atoms with Gasteiger partial charge in [-0.25, -0.2) is 8.78 Å². The predicted molar refractivity (Wildman–Crippen MR) is 70.7 cm³/mol. The Labute approximate surface area is 111 Å². The zero-order valence-electron chi connectivity index (χ0n) is 10.6. The molecule has 0 radical (unpaired) electrons. The number of pyridine rings is 1. The third kappa shape index (κ3) is 4.41. The van der Waals surface area contributed by atoms with Crippen LogP contribution in [-0.2, 0) is 13.1 Å². The van der Waals surface area contributed by atoms with Crippen molar-refractivity contribution in [2.45, 2.75) is 13.1 Å². The van der Waals surface area contributed by atoms with E-state index in [0.29, 0.717) is 19.6 Å². The van der Waals surface area contributed by atoms with E-state index in [1.54, 1.807) is 18.3 Å². The van der Waals surface area contributed by atoms with Crippen LogP contribution in [0.5, 0.6) is 0 Å². The zero-order chi connectivity index (χ0) is 13.5. The Hall–Kier alpha value is -1.81. The van der Waals surface area contributed by atoms with Gasteiger partial charge in [-0.2, -0.15) is 0 Å². The van der Waals surface area contributed by atoms with Gasteiger partial charge in [0.15, 0.2) is 0 Å².